The maximum atomic E-state index is 6.55. The summed E-state index contributed by atoms with van der Waals surface area (Å²) in [6.07, 6.45) is 0. The zero-order chi connectivity index (χ0) is 35.1. The van der Waals surface area contributed by atoms with Crippen molar-refractivity contribution >= 4 is 32.8 Å². The molecular formula is C47H29N5O. The molecule has 3 aromatic heterocycles. The second kappa shape index (κ2) is 12.8. The highest BCUT2D eigenvalue weighted by Crippen LogP contribution is 2.41. The van der Waals surface area contributed by atoms with Gasteiger partial charge in [0.15, 0.2) is 23.3 Å². The van der Waals surface area contributed by atoms with Crippen LogP contribution in [-0.4, -0.2) is 24.9 Å². The summed E-state index contributed by atoms with van der Waals surface area (Å²) in [5.74, 6) is 2.34. The van der Waals surface area contributed by atoms with Crippen LogP contribution in [0.2, 0.25) is 0 Å². The molecule has 0 aliphatic rings. The summed E-state index contributed by atoms with van der Waals surface area (Å²) in [6, 6.07) is 59.2. The van der Waals surface area contributed by atoms with Crippen LogP contribution in [0.15, 0.2) is 180 Å². The van der Waals surface area contributed by atoms with Crippen molar-refractivity contribution in [2.75, 3.05) is 0 Å². The molecule has 0 aliphatic carbocycles. The molecule has 53 heavy (non-hydrogen) atoms. The van der Waals surface area contributed by atoms with E-state index in [0.29, 0.717) is 23.3 Å². The normalized spacial score (nSPS) is 11.4. The van der Waals surface area contributed by atoms with Gasteiger partial charge in [0, 0.05) is 44.0 Å². The van der Waals surface area contributed by atoms with Crippen LogP contribution in [0, 0.1) is 0 Å². The topological polar surface area (TPSA) is 77.6 Å². The molecule has 10 aromatic rings. The van der Waals surface area contributed by atoms with E-state index in [4.69, 9.17) is 29.3 Å². The minimum Gasteiger partial charge on any atom is -0.456 e. The first-order valence-electron chi connectivity index (χ1n) is 17.5. The summed E-state index contributed by atoms with van der Waals surface area (Å²) < 4.78 is 6.55. The van der Waals surface area contributed by atoms with Crippen LogP contribution in [-0.2, 0) is 0 Å². The molecule has 10 rings (SSSR count). The van der Waals surface area contributed by atoms with Gasteiger partial charge in [0.05, 0.1) is 11.2 Å². The molecule has 6 heteroatoms. The summed E-state index contributed by atoms with van der Waals surface area (Å²) >= 11 is 0. The zero-order valence-corrected chi connectivity index (χ0v) is 28.4. The average Bonchev–Trinajstić information content (AvgIpc) is 3.63. The van der Waals surface area contributed by atoms with Crippen LogP contribution in [0.5, 0.6) is 0 Å². The third-order valence-corrected chi connectivity index (χ3v) is 9.55. The molecule has 0 unspecified atom stereocenters. The van der Waals surface area contributed by atoms with Crippen LogP contribution in [0.1, 0.15) is 0 Å². The minimum atomic E-state index is 0.548. The van der Waals surface area contributed by atoms with Gasteiger partial charge in [-0.3, -0.25) is 0 Å². The molecule has 3 heterocycles. The van der Waals surface area contributed by atoms with Crippen molar-refractivity contribution in [3.8, 4) is 67.9 Å². The van der Waals surface area contributed by atoms with Gasteiger partial charge in [0.1, 0.15) is 11.2 Å². The van der Waals surface area contributed by atoms with Gasteiger partial charge in [-0.2, -0.15) is 0 Å². The van der Waals surface area contributed by atoms with Crippen molar-refractivity contribution < 1.29 is 4.42 Å². The molecule has 248 valence electrons. The van der Waals surface area contributed by atoms with Crippen molar-refractivity contribution in [3.05, 3.63) is 176 Å². The van der Waals surface area contributed by atoms with Crippen molar-refractivity contribution in [1.29, 1.82) is 0 Å². The van der Waals surface area contributed by atoms with Crippen LogP contribution in [0.4, 0.5) is 0 Å². The molecule has 0 saturated heterocycles. The average molecular weight is 680 g/mol. The number of hydrogen-bond acceptors (Lipinski definition) is 6. The maximum Gasteiger partial charge on any atom is 0.164 e. The maximum absolute atomic E-state index is 6.55. The lowest BCUT2D eigenvalue weighted by Gasteiger charge is -2.11. The standard InChI is InChI=1S/C47H29N5O/c1-4-15-30(16-5-1)33-21-12-22-34(29-33)45-50-44(32-19-8-3-9-20-32)51-47(52-45)37-25-14-28-40-42(37)41-36(24-13-27-39(41)53-40)46-48-38-26-11-10-23-35(38)43(49-46)31-17-6-2-7-18-31/h1-29H. The fourth-order valence-corrected chi connectivity index (χ4v) is 7.06. The predicted octanol–water partition coefficient (Wildman–Crippen LogP) is 11.7. The number of para-hydroxylation sites is 1. The first-order valence-corrected chi connectivity index (χ1v) is 17.5. The molecule has 0 saturated carbocycles. The van der Waals surface area contributed by atoms with Crippen LogP contribution >= 0.6 is 0 Å². The minimum absolute atomic E-state index is 0.548. The van der Waals surface area contributed by atoms with Crippen LogP contribution < -0.4 is 0 Å². The monoisotopic (exact) mass is 679 g/mol. The molecule has 0 aliphatic heterocycles. The molecule has 6 nitrogen and oxygen atoms in total. The number of furan rings is 1. The first kappa shape index (κ1) is 30.5. The fraction of sp³-hybridized carbons (Fsp3) is 0. The van der Waals surface area contributed by atoms with Crippen LogP contribution in [0.3, 0.4) is 0 Å². The van der Waals surface area contributed by atoms with Gasteiger partial charge in [-0.15, -0.1) is 0 Å². The Morgan fingerprint density at radius 3 is 1.49 bits per heavy atom. The highest BCUT2D eigenvalue weighted by molar-refractivity contribution is 6.17. The number of fused-ring (bicyclic) bond motifs is 4. The highest BCUT2D eigenvalue weighted by Gasteiger charge is 2.22. The summed E-state index contributed by atoms with van der Waals surface area (Å²) in [5, 5.41) is 2.79. The summed E-state index contributed by atoms with van der Waals surface area (Å²) in [5.41, 5.74) is 9.94. The Morgan fingerprint density at radius 1 is 0.321 bits per heavy atom. The molecule has 0 atom stereocenters. The third kappa shape index (κ3) is 5.50. The Bertz CT molecular complexity index is 2940. The Kier molecular flexibility index (Phi) is 7.36. The van der Waals surface area contributed by atoms with Crippen molar-refractivity contribution in [2.24, 2.45) is 0 Å². The zero-order valence-electron chi connectivity index (χ0n) is 28.4. The molecule has 0 amide bonds. The number of nitrogens with zero attached hydrogens (tertiary/aromatic N) is 5. The number of benzene rings is 7. The van der Waals surface area contributed by atoms with Crippen molar-refractivity contribution in [3.63, 3.8) is 0 Å². The molecule has 0 radical (unpaired) electrons. The van der Waals surface area contributed by atoms with Gasteiger partial charge < -0.3 is 4.42 Å². The van der Waals surface area contributed by atoms with Gasteiger partial charge in [-0.1, -0.05) is 152 Å². The molecule has 0 N–H and O–H groups in total. The lowest BCUT2D eigenvalue weighted by Crippen LogP contribution is -2.00. The van der Waals surface area contributed by atoms with Gasteiger partial charge in [-0.25, -0.2) is 24.9 Å². The molecular weight excluding hydrogens is 651 g/mol. The van der Waals surface area contributed by atoms with Crippen molar-refractivity contribution in [1.82, 2.24) is 24.9 Å². The molecule has 0 bridgehead atoms. The number of hydrogen-bond donors (Lipinski definition) is 0. The Hall–Kier alpha value is -7.31. The second-order valence-corrected chi connectivity index (χ2v) is 12.9. The molecule has 0 fully saturated rings. The van der Waals surface area contributed by atoms with E-state index in [9.17, 15) is 0 Å². The van der Waals surface area contributed by atoms with Crippen LogP contribution in [0.25, 0.3) is 101 Å². The molecule has 7 aromatic carbocycles. The third-order valence-electron chi connectivity index (χ3n) is 9.55. The van der Waals surface area contributed by atoms with Gasteiger partial charge in [0.2, 0.25) is 0 Å². The summed E-state index contributed by atoms with van der Waals surface area (Å²) in [4.78, 5) is 25.7. The van der Waals surface area contributed by atoms with Crippen molar-refractivity contribution in [2.45, 2.75) is 0 Å². The predicted molar refractivity (Wildman–Crippen MR) is 213 cm³/mol. The van der Waals surface area contributed by atoms with E-state index < -0.39 is 0 Å². The van der Waals surface area contributed by atoms with E-state index in [1.165, 1.54) is 0 Å². The largest absolute Gasteiger partial charge is 0.456 e. The lowest BCUT2D eigenvalue weighted by molar-refractivity contribution is 0.669. The second-order valence-electron chi connectivity index (χ2n) is 12.9. The van der Waals surface area contributed by atoms with E-state index in [0.717, 1.165) is 77.5 Å². The molecule has 0 spiro atoms. The Morgan fingerprint density at radius 2 is 0.811 bits per heavy atom. The van der Waals surface area contributed by atoms with E-state index in [1.54, 1.807) is 0 Å². The fourth-order valence-electron chi connectivity index (χ4n) is 7.06. The van der Waals surface area contributed by atoms with E-state index >= 15 is 0 Å². The Balaban J connectivity index is 1.21. The number of rotatable bonds is 6. The van der Waals surface area contributed by atoms with Gasteiger partial charge in [0.25, 0.3) is 0 Å². The van der Waals surface area contributed by atoms with E-state index in [-0.39, 0.29) is 0 Å². The number of aromatic nitrogens is 5. The summed E-state index contributed by atoms with van der Waals surface area (Å²) in [6.45, 7) is 0. The Labute approximate surface area is 305 Å². The smallest absolute Gasteiger partial charge is 0.164 e. The SMILES string of the molecule is c1ccc(-c2cccc(-c3nc(-c4ccccc4)nc(-c4cccc5oc6cccc(-c7nc(-c8ccccc8)c8ccccc8n7)c6c45)n3)c2)cc1. The summed E-state index contributed by atoms with van der Waals surface area (Å²) in [7, 11) is 0. The quantitative estimate of drug-likeness (QED) is 0.174. The highest BCUT2D eigenvalue weighted by atomic mass is 16.3. The van der Waals surface area contributed by atoms with Gasteiger partial charge >= 0.3 is 0 Å². The lowest BCUT2D eigenvalue weighted by atomic mass is 10.00. The van der Waals surface area contributed by atoms with E-state index in [2.05, 4.69) is 54.6 Å². The van der Waals surface area contributed by atoms with E-state index in [1.807, 2.05) is 121 Å². The van der Waals surface area contributed by atoms with Gasteiger partial charge in [-0.05, 0) is 35.4 Å². The first-order chi connectivity index (χ1) is 26.3.